The summed E-state index contributed by atoms with van der Waals surface area (Å²) in [5.41, 5.74) is -1.08. The summed E-state index contributed by atoms with van der Waals surface area (Å²) in [4.78, 5) is 66.9. The Kier molecular flexibility index (Phi) is 21.9. The van der Waals surface area contributed by atoms with Gasteiger partial charge in [0.1, 0.15) is 22.7 Å². The van der Waals surface area contributed by atoms with Crippen LogP contribution in [0.4, 0.5) is 14.4 Å². The van der Waals surface area contributed by atoms with Gasteiger partial charge in [0.25, 0.3) is 0 Å². The Bertz CT molecular complexity index is 1290. The van der Waals surface area contributed by atoms with Gasteiger partial charge in [-0.05, 0) is 119 Å². The molecular weight excluding hydrogens is 694 g/mol. The van der Waals surface area contributed by atoms with Gasteiger partial charge in [-0.15, -0.1) is 0 Å². The number of carbonyl (C=O) groups is 5. The van der Waals surface area contributed by atoms with Gasteiger partial charge in [0.2, 0.25) is 17.8 Å². The van der Waals surface area contributed by atoms with E-state index < -0.39 is 41.0 Å². The van der Waals surface area contributed by atoms with E-state index >= 15 is 0 Å². The molecule has 0 aliphatic heterocycles. The highest BCUT2D eigenvalue weighted by Crippen LogP contribution is 2.11. The molecule has 0 aromatic heterocycles. The van der Waals surface area contributed by atoms with Crippen LogP contribution in [-0.2, 0) is 30.2 Å². The van der Waals surface area contributed by atoms with Crippen LogP contribution in [0.3, 0.4) is 0 Å². The van der Waals surface area contributed by atoms with Gasteiger partial charge < -0.3 is 35.5 Å². The van der Waals surface area contributed by atoms with Crippen LogP contribution in [0.2, 0.25) is 0 Å². The van der Waals surface area contributed by atoms with Crippen molar-refractivity contribution in [3.8, 4) is 0 Å². The molecule has 5 amide bonds. The lowest BCUT2D eigenvalue weighted by molar-refractivity contribution is -0.135. The summed E-state index contributed by atoms with van der Waals surface area (Å²) in [6.45, 7) is 19.1. The summed E-state index contributed by atoms with van der Waals surface area (Å²) in [5, 5.41) is 16.9. The number of hydrogen-bond donors (Lipinski definition) is 6. The minimum Gasteiger partial charge on any atom is -0.444 e. The summed E-state index contributed by atoms with van der Waals surface area (Å²) in [6, 6.07) is 9.48. The number of guanidine groups is 1. The van der Waals surface area contributed by atoms with Gasteiger partial charge in [-0.2, -0.15) is 0 Å². The molecule has 0 radical (unpaired) electrons. The lowest BCUT2D eigenvalue weighted by Gasteiger charge is -2.22. The zero-order chi connectivity index (χ0) is 40.6. The van der Waals surface area contributed by atoms with Crippen molar-refractivity contribution in [3.05, 3.63) is 35.9 Å². The van der Waals surface area contributed by atoms with Crippen LogP contribution in [0.5, 0.6) is 0 Å². The number of alkyl carbamates (subject to hydrolysis) is 3. The van der Waals surface area contributed by atoms with E-state index in [4.69, 9.17) is 14.2 Å². The lowest BCUT2D eigenvalue weighted by Crippen LogP contribution is -2.47. The third kappa shape index (κ3) is 26.4. The Balaban J connectivity index is 2.47. The number of nitrogens with zero attached hydrogens (tertiary/aromatic N) is 1. The van der Waals surface area contributed by atoms with Crippen LogP contribution in [-0.4, -0.2) is 92.1 Å². The molecule has 0 saturated heterocycles. The lowest BCUT2D eigenvalue weighted by atomic mass is 9.97. The van der Waals surface area contributed by atoms with Crippen LogP contribution in [0.25, 0.3) is 0 Å². The van der Waals surface area contributed by atoms with Gasteiger partial charge in [0.05, 0.1) is 0 Å². The Morgan fingerprint density at radius 2 is 1.00 bits per heavy atom. The van der Waals surface area contributed by atoms with Crippen molar-refractivity contribution in [2.45, 2.75) is 130 Å². The summed E-state index contributed by atoms with van der Waals surface area (Å²) >= 11 is 0. The minimum absolute atomic E-state index is 0.0632. The van der Waals surface area contributed by atoms with Crippen LogP contribution in [0.1, 0.15) is 113 Å². The maximum atomic E-state index is 13.2. The number of rotatable bonds is 20. The van der Waals surface area contributed by atoms with Gasteiger partial charge in [-0.25, -0.2) is 14.4 Å². The highest BCUT2D eigenvalue weighted by atomic mass is 16.6. The van der Waals surface area contributed by atoms with Crippen LogP contribution < -0.4 is 31.9 Å². The van der Waals surface area contributed by atoms with Crippen molar-refractivity contribution < 1.29 is 38.2 Å². The van der Waals surface area contributed by atoms with E-state index in [9.17, 15) is 24.0 Å². The smallest absolute Gasteiger partial charge is 0.414 e. The van der Waals surface area contributed by atoms with E-state index in [2.05, 4.69) is 36.9 Å². The molecule has 0 spiro atoms. The number of amides is 5. The van der Waals surface area contributed by atoms with Gasteiger partial charge in [-0.3, -0.25) is 25.2 Å². The topological polar surface area (TPSA) is 198 Å². The highest BCUT2D eigenvalue weighted by Gasteiger charge is 2.26. The van der Waals surface area contributed by atoms with Crippen molar-refractivity contribution in [2.24, 2.45) is 10.9 Å². The Morgan fingerprint density at radius 1 is 0.556 bits per heavy atom. The normalized spacial score (nSPS) is 12.1. The number of ether oxygens (including phenoxy) is 3. The summed E-state index contributed by atoms with van der Waals surface area (Å²) in [5.74, 6) is -1.53. The summed E-state index contributed by atoms with van der Waals surface area (Å²) in [7, 11) is 0. The third-order valence-corrected chi connectivity index (χ3v) is 7.09. The first-order chi connectivity index (χ1) is 25.2. The summed E-state index contributed by atoms with van der Waals surface area (Å²) < 4.78 is 15.8. The molecule has 54 heavy (non-hydrogen) atoms. The number of nitrogens with one attached hydrogen (secondary N) is 6. The maximum absolute atomic E-state index is 13.2. The van der Waals surface area contributed by atoms with E-state index in [-0.39, 0.29) is 17.8 Å². The highest BCUT2D eigenvalue weighted by molar-refractivity contribution is 6.01. The SMILES string of the molecule is CC(C)(C)OC(=O)NCCCNCCCCNC(=O)C(Cc1ccccc1)C(=O)NCCCCCCN=C(NC(=O)OC(C)(C)C)NC(=O)OC(C)(C)C. The second-order valence-electron chi connectivity index (χ2n) is 16.0. The fourth-order valence-electron chi connectivity index (χ4n) is 4.73. The molecule has 6 N–H and O–H groups in total. The number of aliphatic imine (C=N–C) groups is 1. The number of hydrogen-bond acceptors (Lipinski definition) is 10. The quantitative estimate of drug-likeness (QED) is 0.0335. The van der Waals surface area contributed by atoms with Crippen molar-refractivity contribution in [1.29, 1.82) is 0 Å². The van der Waals surface area contributed by atoms with Crippen LogP contribution >= 0.6 is 0 Å². The first kappa shape index (κ1) is 47.6. The van der Waals surface area contributed by atoms with Gasteiger partial charge in [-0.1, -0.05) is 43.2 Å². The predicted molar refractivity (Wildman–Crippen MR) is 210 cm³/mol. The Hall–Kier alpha value is -4.40. The zero-order valence-corrected chi connectivity index (χ0v) is 34.1. The number of benzene rings is 1. The molecule has 0 aliphatic rings. The summed E-state index contributed by atoms with van der Waals surface area (Å²) in [6.07, 6.45) is 3.72. The minimum atomic E-state index is -0.856. The molecular formula is C39H67N7O8. The molecule has 1 unspecified atom stereocenters. The predicted octanol–water partition coefficient (Wildman–Crippen LogP) is 5.33. The zero-order valence-electron chi connectivity index (χ0n) is 34.1. The molecule has 0 heterocycles. The molecule has 1 aromatic carbocycles. The molecule has 1 rings (SSSR count). The Morgan fingerprint density at radius 3 is 1.54 bits per heavy atom. The molecule has 0 aliphatic carbocycles. The fraction of sp³-hybridized carbons (Fsp3) is 0.692. The maximum Gasteiger partial charge on any atom is 0.414 e. The fourth-order valence-corrected chi connectivity index (χ4v) is 4.73. The van der Waals surface area contributed by atoms with E-state index in [0.717, 1.165) is 50.8 Å². The molecule has 0 fully saturated rings. The van der Waals surface area contributed by atoms with Crippen molar-refractivity contribution >= 4 is 36.1 Å². The second-order valence-corrected chi connectivity index (χ2v) is 16.0. The second kappa shape index (κ2) is 24.8. The van der Waals surface area contributed by atoms with Crippen molar-refractivity contribution in [1.82, 2.24) is 31.9 Å². The van der Waals surface area contributed by atoms with Crippen molar-refractivity contribution in [3.63, 3.8) is 0 Å². The molecule has 0 saturated carbocycles. The monoisotopic (exact) mass is 762 g/mol. The average Bonchev–Trinajstić information content (AvgIpc) is 3.03. The van der Waals surface area contributed by atoms with E-state index in [0.29, 0.717) is 45.4 Å². The van der Waals surface area contributed by atoms with E-state index in [1.165, 1.54) is 0 Å². The average molecular weight is 762 g/mol. The van der Waals surface area contributed by atoms with Gasteiger partial charge >= 0.3 is 18.3 Å². The first-order valence-corrected chi connectivity index (χ1v) is 19.1. The molecule has 1 atom stereocenters. The van der Waals surface area contributed by atoms with E-state index in [1.54, 1.807) is 41.5 Å². The molecule has 15 heteroatoms. The first-order valence-electron chi connectivity index (χ1n) is 19.1. The van der Waals surface area contributed by atoms with Gasteiger partial charge in [0.15, 0.2) is 0 Å². The third-order valence-electron chi connectivity index (χ3n) is 7.09. The Labute approximate surface area is 322 Å². The van der Waals surface area contributed by atoms with Gasteiger partial charge in [0, 0.05) is 26.2 Å². The largest absolute Gasteiger partial charge is 0.444 e. The van der Waals surface area contributed by atoms with Crippen LogP contribution in [0.15, 0.2) is 35.3 Å². The molecule has 306 valence electrons. The number of carbonyl (C=O) groups excluding carboxylic acids is 5. The standard InChI is InChI=1S/C39H67N7O8/c1-37(2,3)52-34(49)44-27-19-23-40-22-17-18-25-42-32(48)30(28-29-20-13-12-14-21-29)31(47)41-24-15-10-11-16-26-43-33(45-35(50)53-38(4,5)6)46-36(51)54-39(7,8)9/h12-14,20-21,30,40H,10-11,15-19,22-28H2,1-9H3,(H,41,47)(H,42,48)(H,44,49)(H2,43,45,46,50,51). The van der Waals surface area contributed by atoms with Crippen molar-refractivity contribution in [2.75, 3.05) is 39.3 Å². The molecule has 15 nitrogen and oxygen atoms in total. The van der Waals surface area contributed by atoms with E-state index in [1.807, 2.05) is 51.1 Å². The van der Waals surface area contributed by atoms with Crippen LogP contribution in [0, 0.1) is 5.92 Å². The molecule has 0 bridgehead atoms. The molecule has 1 aromatic rings. The number of unbranched alkanes of at least 4 members (excludes halogenated alkanes) is 4.